The molecule has 0 aliphatic heterocycles. The number of para-hydroxylation sites is 1. The van der Waals surface area contributed by atoms with E-state index in [9.17, 15) is 4.79 Å². The minimum atomic E-state index is -0.117. The Kier molecular flexibility index (Phi) is 6.82. The molecule has 0 radical (unpaired) electrons. The van der Waals surface area contributed by atoms with Crippen LogP contribution in [0.25, 0.3) is 6.08 Å². The predicted octanol–water partition coefficient (Wildman–Crippen LogP) is 4.75. The molecule has 0 saturated carbocycles. The molecule has 0 heterocycles. The number of ether oxygens (including phenoxy) is 1. The Morgan fingerprint density at radius 3 is 2.30 bits per heavy atom. The molecule has 1 amide bonds. The van der Waals surface area contributed by atoms with Crippen LogP contribution in [0.4, 0.5) is 0 Å². The normalized spacial score (nSPS) is 10.7. The van der Waals surface area contributed by atoms with Crippen molar-refractivity contribution in [3.63, 3.8) is 0 Å². The summed E-state index contributed by atoms with van der Waals surface area (Å²) >= 11 is 0. The number of carbonyl (C=O) groups excluding carboxylic acids is 1. The molecule has 0 aromatic heterocycles. The highest BCUT2D eigenvalue weighted by atomic mass is 16.5. The van der Waals surface area contributed by atoms with Gasteiger partial charge in [-0.15, -0.1) is 0 Å². The number of carbonyl (C=O) groups is 1. The second kappa shape index (κ2) is 9.97. The summed E-state index contributed by atoms with van der Waals surface area (Å²) in [6.07, 6.45) is 4.75. The molecule has 27 heavy (non-hydrogen) atoms. The standard InChI is InChI=1S/C24H23NO2/c26-24(25-18-17-21-12-5-2-6-13-21)22-15-7-8-16-23(22)27-19-9-14-20-10-3-1-4-11-20/h1-16H,17-19H2,(H,25,26)/b14-9+. The van der Waals surface area contributed by atoms with E-state index in [1.807, 2.05) is 78.9 Å². The molecule has 0 aliphatic carbocycles. The largest absolute Gasteiger partial charge is 0.489 e. The zero-order valence-electron chi connectivity index (χ0n) is 15.2. The molecule has 0 unspecified atom stereocenters. The average molecular weight is 357 g/mol. The minimum absolute atomic E-state index is 0.117. The van der Waals surface area contributed by atoms with Gasteiger partial charge in [-0.1, -0.05) is 78.9 Å². The van der Waals surface area contributed by atoms with Crippen molar-refractivity contribution in [1.82, 2.24) is 5.32 Å². The summed E-state index contributed by atoms with van der Waals surface area (Å²) in [4.78, 5) is 12.5. The number of rotatable bonds is 8. The Hall–Kier alpha value is -3.33. The lowest BCUT2D eigenvalue weighted by atomic mass is 10.1. The van der Waals surface area contributed by atoms with Gasteiger partial charge in [-0.05, 0) is 35.8 Å². The molecule has 0 aliphatic rings. The molecule has 3 aromatic rings. The molecule has 0 fully saturated rings. The number of benzene rings is 3. The highest BCUT2D eigenvalue weighted by Crippen LogP contribution is 2.18. The first kappa shape index (κ1) is 18.5. The fourth-order valence-corrected chi connectivity index (χ4v) is 2.73. The van der Waals surface area contributed by atoms with E-state index in [0.717, 1.165) is 12.0 Å². The van der Waals surface area contributed by atoms with Crippen LogP contribution >= 0.6 is 0 Å². The zero-order chi connectivity index (χ0) is 18.7. The first-order valence-corrected chi connectivity index (χ1v) is 9.08. The molecule has 0 saturated heterocycles. The number of nitrogens with one attached hydrogen (secondary N) is 1. The van der Waals surface area contributed by atoms with E-state index in [1.165, 1.54) is 5.56 Å². The SMILES string of the molecule is O=C(NCCc1ccccc1)c1ccccc1OC/C=C/c1ccccc1. The lowest BCUT2D eigenvalue weighted by Gasteiger charge is -2.10. The second-order valence-electron chi connectivity index (χ2n) is 6.11. The molecule has 0 atom stereocenters. The van der Waals surface area contributed by atoms with Crippen LogP contribution in [0.3, 0.4) is 0 Å². The van der Waals surface area contributed by atoms with Gasteiger partial charge in [0, 0.05) is 6.54 Å². The topological polar surface area (TPSA) is 38.3 Å². The fourth-order valence-electron chi connectivity index (χ4n) is 2.73. The maximum atomic E-state index is 12.5. The Labute approximate surface area is 160 Å². The summed E-state index contributed by atoms with van der Waals surface area (Å²) in [6.45, 7) is 0.994. The lowest BCUT2D eigenvalue weighted by molar-refractivity contribution is 0.0950. The first-order chi connectivity index (χ1) is 13.3. The monoisotopic (exact) mass is 357 g/mol. The van der Waals surface area contributed by atoms with Crippen LogP contribution in [0.15, 0.2) is 91.0 Å². The minimum Gasteiger partial charge on any atom is -0.489 e. The van der Waals surface area contributed by atoms with Gasteiger partial charge in [0.2, 0.25) is 0 Å². The lowest BCUT2D eigenvalue weighted by Crippen LogP contribution is -2.26. The smallest absolute Gasteiger partial charge is 0.255 e. The molecule has 3 heteroatoms. The van der Waals surface area contributed by atoms with Crippen LogP contribution in [-0.2, 0) is 6.42 Å². The van der Waals surface area contributed by atoms with Gasteiger partial charge in [0.15, 0.2) is 0 Å². The highest BCUT2D eigenvalue weighted by molar-refractivity contribution is 5.96. The van der Waals surface area contributed by atoms with Gasteiger partial charge in [0.1, 0.15) is 12.4 Å². The molecule has 136 valence electrons. The summed E-state index contributed by atoms with van der Waals surface area (Å²) < 4.78 is 5.80. The molecule has 0 bridgehead atoms. The van der Waals surface area contributed by atoms with Crippen molar-refractivity contribution in [3.05, 3.63) is 108 Å². The average Bonchev–Trinajstić information content (AvgIpc) is 2.73. The van der Waals surface area contributed by atoms with Crippen molar-refractivity contribution in [2.45, 2.75) is 6.42 Å². The summed E-state index contributed by atoms with van der Waals surface area (Å²) in [5, 5.41) is 2.97. The second-order valence-corrected chi connectivity index (χ2v) is 6.11. The van der Waals surface area contributed by atoms with Crippen molar-refractivity contribution in [2.75, 3.05) is 13.2 Å². The van der Waals surface area contributed by atoms with Gasteiger partial charge in [-0.2, -0.15) is 0 Å². The maximum Gasteiger partial charge on any atom is 0.255 e. The van der Waals surface area contributed by atoms with Crippen LogP contribution in [0.5, 0.6) is 5.75 Å². The Bertz CT molecular complexity index is 873. The number of hydrogen-bond donors (Lipinski definition) is 1. The molecule has 3 aromatic carbocycles. The van der Waals surface area contributed by atoms with E-state index in [4.69, 9.17) is 4.74 Å². The van der Waals surface area contributed by atoms with E-state index in [0.29, 0.717) is 24.5 Å². The zero-order valence-corrected chi connectivity index (χ0v) is 15.2. The van der Waals surface area contributed by atoms with Gasteiger partial charge in [0.05, 0.1) is 5.56 Å². The molecular formula is C24H23NO2. The van der Waals surface area contributed by atoms with E-state index in [1.54, 1.807) is 6.07 Å². The Morgan fingerprint density at radius 1 is 0.852 bits per heavy atom. The van der Waals surface area contributed by atoms with Crippen molar-refractivity contribution in [2.24, 2.45) is 0 Å². The van der Waals surface area contributed by atoms with E-state index in [2.05, 4.69) is 17.4 Å². The molecular weight excluding hydrogens is 334 g/mol. The van der Waals surface area contributed by atoms with Gasteiger partial charge in [-0.25, -0.2) is 0 Å². The highest BCUT2D eigenvalue weighted by Gasteiger charge is 2.11. The Balaban J connectivity index is 1.53. The third-order valence-electron chi connectivity index (χ3n) is 4.12. The summed E-state index contributed by atoms with van der Waals surface area (Å²) in [6, 6.07) is 27.5. The summed E-state index contributed by atoms with van der Waals surface area (Å²) in [5.41, 5.74) is 2.88. The third-order valence-corrected chi connectivity index (χ3v) is 4.12. The predicted molar refractivity (Wildman–Crippen MR) is 110 cm³/mol. The maximum absolute atomic E-state index is 12.5. The van der Waals surface area contributed by atoms with Crippen LogP contribution < -0.4 is 10.1 Å². The van der Waals surface area contributed by atoms with Crippen molar-refractivity contribution in [1.29, 1.82) is 0 Å². The molecule has 3 rings (SSSR count). The number of amides is 1. The van der Waals surface area contributed by atoms with Crippen molar-refractivity contribution >= 4 is 12.0 Å². The van der Waals surface area contributed by atoms with Gasteiger partial charge in [0.25, 0.3) is 5.91 Å². The van der Waals surface area contributed by atoms with Crippen LogP contribution in [0.2, 0.25) is 0 Å². The number of hydrogen-bond acceptors (Lipinski definition) is 2. The Morgan fingerprint density at radius 2 is 1.52 bits per heavy atom. The first-order valence-electron chi connectivity index (χ1n) is 9.08. The van der Waals surface area contributed by atoms with Crippen LogP contribution in [-0.4, -0.2) is 19.1 Å². The van der Waals surface area contributed by atoms with E-state index < -0.39 is 0 Å². The third kappa shape index (κ3) is 5.86. The summed E-state index contributed by atoms with van der Waals surface area (Å²) in [7, 11) is 0. The van der Waals surface area contributed by atoms with Crippen LogP contribution in [0, 0.1) is 0 Å². The van der Waals surface area contributed by atoms with Crippen molar-refractivity contribution < 1.29 is 9.53 Å². The van der Waals surface area contributed by atoms with Gasteiger partial charge >= 0.3 is 0 Å². The molecule has 3 nitrogen and oxygen atoms in total. The van der Waals surface area contributed by atoms with Gasteiger partial charge in [-0.3, -0.25) is 4.79 Å². The summed E-state index contributed by atoms with van der Waals surface area (Å²) in [5.74, 6) is 0.473. The van der Waals surface area contributed by atoms with Gasteiger partial charge < -0.3 is 10.1 Å². The van der Waals surface area contributed by atoms with E-state index >= 15 is 0 Å². The molecule has 0 spiro atoms. The molecule has 1 N–H and O–H groups in total. The van der Waals surface area contributed by atoms with E-state index in [-0.39, 0.29) is 5.91 Å². The van der Waals surface area contributed by atoms with Crippen molar-refractivity contribution in [3.8, 4) is 5.75 Å². The quantitative estimate of drug-likeness (QED) is 0.632. The fraction of sp³-hybridized carbons (Fsp3) is 0.125. The van der Waals surface area contributed by atoms with Crippen LogP contribution in [0.1, 0.15) is 21.5 Å².